The number of nitro groups is 1. The number of methoxy groups -OCH3 is 1. The zero-order chi connectivity index (χ0) is 14.6. The second-order valence-corrected chi connectivity index (χ2v) is 3.83. The maximum atomic E-state index is 11.8. The minimum atomic E-state index is -0.941. The van der Waals surface area contributed by atoms with Crippen molar-refractivity contribution in [3.05, 3.63) is 33.1 Å². The number of rotatable bonds is 4. The van der Waals surface area contributed by atoms with Crippen LogP contribution in [-0.2, 0) is 9.53 Å². The number of nitrogens with zero attached hydrogens (tertiary/aromatic N) is 2. The van der Waals surface area contributed by atoms with Gasteiger partial charge in [0.15, 0.2) is 0 Å². The summed E-state index contributed by atoms with van der Waals surface area (Å²) in [5.74, 6) is -1.48. The highest BCUT2D eigenvalue weighted by Crippen LogP contribution is 2.25. The fourth-order valence-corrected chi connectivity index (χ4v) is 1.52. The molecule has 0 aliphatic heterocycles. The average molecular weight is 288 g/mol. The molecule has 0 aliphatic rings. The molecule has 102 valence electrons. The first-order chi connectivity index (χ1) is 8.88. The third kappa shape index (κ3) is 3.38. The lowest BCUT2D eigenvalue weighted by Gasteiger charge is -2.11. The molecule has 9 heteroatoms. The van der Waals surface area contributed by atoms with E-state index >= 15 is 0 Å². The quantitative estimate of drug-likeness (QED) is 0.382. The molecule has 1 unspecified atom stereocenters. The largest absolute Gasteiger partial charge is 0.467 e. The van der Waals surface area contributed by atoms with Crippen LogP contribution in [0, 0.1) is 10.1 Å². The highest BCUT2D eigenvalue weighted by molar-refractivity contribution is 6.32. The van der Waals surface area contributed by atoms with Crippen LogP contribution in [0.3, 0.4) is 0 Å². The molecule has 0 saturated carbocycles. The predicted molar refractivity (Wildman–Crippen MR) is 64.8 cm³/mol. The average Bonchev–Trinajstić information content (AvgIpc) is 2.36. The van der Waals surface area contributed by atoms with Gasteiger partial charge in [-0.3, -0.25) is 14.9 Å². The molecule has 19 heavy (non-hydrogen) atoms. The third-order valence-electron chi connectivity index (χ3n) is 2.21. The van der Waals surface area contributed by atoms with Crippen LogP contribution in [0.15, 0.2) is 12.3 Å². The van der Waals surface area contributed by atoms with Crippen molar-refractivity contribution in [2.75, 3.05) is 7.11 Å². The van der Waals surface area contributed by atoms with E-state index in [1.54, 1.807) is 0 Å². The molecule has 0 saturated heterocycles. The van der Waals surface area contributed by atoms with Gasteiger partial charge in [0.05, 0.1) is 12.0 Å². The van der Waals surface area contributed by atoms with Gasteiger partial charge in [0.25, 0.3) is 5.91 Å². The van der Waals surface area contributed by atoms with E-state index in [4.69, 9.17) is 11.6 Å². The second-order valence-electron chi connectivity index (χ2n) is 3.47. The van der Waals surface area contributed by atoms with Gasteiger partial charge in [-0.05, 0) is 13.0 Å². The van der Waals surface area contributed by atoms with Crippen LogP contribution in [0.1, 0.15) is 17.3 Å². The number of carbonyl (C=O) groups excluding carboxylic acids is 2. The van der Waals surface area contributed by atoms with E-state index in [2.05, 4.69) is 15.0 Å². The van der Waals surface area contributed by atoms with Crippen LogP contribution in [0.25, 0.3) is 0 Å². The molecule has 0 fully saturated rings. The zero-order valence-corrected chi connectivity index (χ0v) is 10.8. The molecule has 0 aliphatic carbocycles. The lowest BCUT2D eigenvalue weighted by Crippen LogP contribution is -2.39. The van der Waals surface area contributed by atoms with Gasteiger partial charge in [-0.2, -0.15) is 0 Å². The number of nitrogens with one attached hydrogen (secondary N) is 1. The molecule has 1 amide bonds. The minimum absolute atomic E-state index is 0.277. The van der Waals surface area contributed by atoms with Crippen molar-refractivity contribution < 1.29 is 19.2 Å². The van der Waals surface area contributed by atoms with E-state index in [1.807, 2.05) is 0 Å². The summed E-state index contributed by atoms with van der Waals surface area (Å²) in [5, 5.41) is 12.7. The first-order valence-corrected chi connectivity index (χ1v) is 5.43. The SMILES string of the molecule is COC(=O)C(C)NC(=O)c1ccnc(Cl)c1[N+](=O)[O-]. The number of pyridine rings is 1. The number of amides is 1. The first-order valence-electron chi connectivity index (χ1n) is 5.06. The van der Waals surface area contributed by atoms with Crippen LogP contribution < -0.4 is 5.32 Å². The fraction of sp³-hybridized carbons (Fsp3) is 0.300. The normalized spacial score (nSPS) is 11.5. The van der Waals surface area contributed by atoms with Gasteiger partial charge in [0.1, 0.15) is 11.6 Å². The van der Waals surface area contributed by atoms with Crippen molar-refractivity contribution in [3.63, 3.8) is 0 Å². The lowest BCUT2D eigenvalue weighted by atomic mass is 10.2. The molecule has 1 aromatic heterocycles. The van der Waals surface area contributed by atoms with Crippen LogP contribution in [0.4, 0.5) is 5.69 Å². The summed E-state index contributed by atoms with van der Waals surface area (Å²) >= 11 is 5.57. The third-order valence-corrected chi connectivity index (χ3v) is 2.49. The van der Waals surface area contributed by atoms with Gasteiger partial charge in [0, 0.05) is 6.20 Å². The van der Waals surface area contributed by atoms with Crippen LogP contribution in [0.2, 0.25) is 5.15 Å². The number of aromatic nitrogens is 1. The topological polar surface area (TPSA) is 111 Å². The van der Waals surface area contributed by atoms with Gasteiger partial charge >= 0.3 is 11.7 Å². The Morgan fingerprint density at radius 3 is 2.74 bits per heavy atom. The Morgan fingerprint density at radius 2 is 2.21 bits per heavy atom. The standard InChI is InChI=1S/C10H10ClN3O5/c1-5(10(16)19-2)13-9(15)6-3-4-12-8(11)7(6)14(17)18/h3-5H,1-2H3,(H,13,15). The van der Waals surface area contributed by atoms with Crippen molar-refractivity contribution in [3.8, 4) is 0 Å². The molecular weight excluding hydrogens is 278 g/mol. The van der Waals surface area contributed by atoms with Crippen molar-refractivity contribution >= 4 is 29.2 Å². The van der Waals surface area contributed by atoms with Crippen LogP contribution >= 0.6 is 11.6 Å². The summed E-state index contributed by atoms with van der Waals surface area (Å²) in [7, 11) is 1.16. The summed E-state index contributed by atoms with van der Waals surface area (Å²) in [6.07, 6.45) is 1.16. The van der Waals surface area contributed by atoms with Crippen molar-refractivity contribution in [2.45, 2.75) is 13.0 Å². The molecule has 8 nitrogen and oxygen atoms in total. The number of ether oxygens (including phenoxy) is 1. The Bertz CT molecular complexity index is 534. The summed E-state index contributed by atoms with van der Waals surface area (Å²) in [6, 6.07) is 0.202. The smallest absolute Gasteiger partial charge is 0.328 e. The number of halogens is 1. The summed E-state index contributed by atoms with van der Waals surface area (Å²) in [5.41, 5.74) is -0.889. The highest BCUT2D eigenvalue weighted by atomic mass is 35.5. The Morgan fingerprint density at radius 1 is 1.58 bits per heavy atom. The van der Waals surface area contributed by atoms with Crippen molar-refractivity contribution in [1.82, 2.24) is 10.3 Å². The molecule has 1 heterocycles. The molecule has 0 radical (unpaired) electrons. The zero-order valence-electron chi connectivity index (χ0n) is 10.0. The van der Waals surface area contributed by atoms with E-state index in [0.717, 1.165) is 19.4 Å². The fourth-order valence-electron chi connectivity index (χ4n) is 1.30. The molecule has 0 bridgehead atoms. The van der Waals surface area contributed by atoms with Gasteiger partial charge < -0.3 is 10.1 Å². The predicted octanol–water partition coefficient (Wildman–Crippen LogP) is 0.934. The van der Waals surface area contributed by atoms with E-state index < -0.39 is 33.7 Å². The second kappa shape index (κ2) is 6.10. The maximum absolute atomic E-state index is 11.8. The van der Waals surface area contributed by atoms with Crippen molar-refractivity contribution in [2.24, 2.45) is 0 Å². The van der Waals surface area contributed by atoms with Crippen LogP contribution in [0.5, 0.6) is 0 Å². The van der Waals surface area contributed by atoms with E-state index in [0.29, 0.717) is 0 Å². The van der Waals surface area contributed by atoms with Crippen molar-refractivity contribution in [1.29, 1.82) is 0 Å². The summed E-state index contributed by atoms with van der Waals surface area (Å²) in [4.78, 5) is 36.5. The van der Waals surface area contributed by atoms with E-state index in [-0.39, 0.29) is 5.56 Å². The summed E-state index contributed by atoms with van der Waals surface area (Å²) in [6.45, 7) is 1.39. The van der Waals surface area contributed by atoms with Gasteiger partial charge in [0.2, 0.25) is 5.15 Å². The molecule has 1 aromatic rings. The number of carbonyl (C=O) groups is 2. The molecule has 0 spiro atoms. The molecule has 1 N–H and O–H groups in total. The highest BCUT2D eigenvalue weighted by Gasteiger charge is 2.26. The summed E-state index contributed by atoms with van der Waals surface area (Å²) < 4.78 is 4.42. The monoisotopic (exact) mass is 287 g/mol. The Labute approximate surface area is 112 Å². The molecule has 1 rings (SSSR count). The van der Waals surface area contributed by atoms with Gasteiger partial charge in [-0.15, -0.1) is 0 Å². The Balaban J connectivity index is 3.04. The number of hydrogen-bond donors (Lipinski definition) is 1. The number of hydrogen-bond acceptors (Lipinski definition) is 6. The lowest BCUT2D eigenvalue weighted by molar-refractivity contribution is -0.385. The van der Waals surface area contributed by atoms with Crippen LogP contribution in [-0.4, -0.2) is 34.9 Å². The molecule has 1 atom stereocenters. The molecule has 0 aromatic carbocycles. The van der Waals surface area contributed by atoms with Gasteiger partial charge in [-0.1, -0.05) is 11.6 Å². The maximum Gasteiger partial charge on any atom is 0.328 e. The Hall–Kier alpha value is -2.22. The Kier molecular flexibility index (Phi) is 4.76. The minimum Gasteiger partial charge on any atom is -0.467 e. The first kappa shape index (κ1) is 14.8. The van der Waals surface area contributed by atoms with E-state index in [1.165, 1.54) is 6.92 Å². The number of esters is 1. The van der Waals surface area contributed by atoms with Gasteiger partial charge in [-0.25, -0.2) is 9.78 Å². The van der Waals surface area contributed by atoms with E-state index in [9.17, 15) is 19.7 Å². The molecular formula is C10H10ClN3O5.